The Kier molecular flexibility index (Phi) is 4.17. The van der Waals surface area contributed by atoms with Crippen molar-refractivity contribution in [1.82, 2.24) is 9.47 Å². The summed E-state index contributed by atoms with van der Waals surface area (Å²) >= 11 is 0. The van der Waals surface area contributed by atoms with Gasteiger partial charge in [-0.05, 0) is 32.4 Å². The predicted molar refractivity (Wildman–Crippen MR) is 83.8 cm³/mol. The van der Waals surface area contributed by atoms with Gasteiger partial charge in [0.15, 0.2) is 0 Å². The number of rotatable bonds is 4. The average molecular weight is 272 g/mol. The van der Waals surface area contributed by atoms with E-state index in [1.54, 1.807) is 6.92 Å². The number of hydrogen-bond donors (Lipinski definition) is 0. The zero-order valence-electron chi connectivity index (χ0n) is 13.2. The Labute approximate surface area is 121 Å². The zero-order chi connectivity index (χ0) is 14.9. The van der Waals surface area contributed by atoms with Gasteiger partial charge >= 0.3 is 0 Å². The fraction of sp³-hybridized carbons (Fsp3) is 0.471. The summed E-state index contributed by atoms with van der Waals surface area (Å²) in [6, 6.07) is 6.56. The molecule has 0 saturated carbocycles. The van der Waals surface area contributed by atoms with E-state index in [0.717, 1.165) is 13.0 Å². The van der Waals surface area contributed by atoms with Crippen LogP contribution in [-0.4, -0.2) is 21.9 Å². The molecule has 0 radical (unpaired) electrons. The molecule has 0 aliphatic carbocycles. The Hall–Kier alpha value is -1.77. The minimum Gasteiger partial charge on any atom is -0.347 e. The molecule has 0 N–H and O–H groups in total. The summed E-state index contributed by atoms with van der Waals surface area (Å²) in [7, 11) is 2.12. The highest BCUT2D eigenvalue weighted by atomic mass is 16.2. The Morgan fingerprint density at radius 1 is 1.30 bits per heavy atom. The van der Waals surface area contributed by atoms with E-state index in [4.69, 9.17) is 0 Å². The number of aryl methyl sites for hydroxylation is 2. The van der Waals surface area contributed by atoms with Crippen molar-refractivity contribution in [3.63, 3.8) is 0 Å². The molecule has 0 fully saturated rings. The minimum absolute atomic E-state index is 0.138. The van der Waals surface area contributed by atoms with Crippen LogP contribution in [-0.2, 0) is 24.8 Å². The normalized spacial score (nSPS) is 11.1. The number of carbonyl (C=O) groups excluding carboxylic acids is 1. The van der Waals surface area contributed by atoms with E-state index in [9.17, 15) is 4.79 Å². The first-order chi connectivity index (χ1) is 9.49. The lowest BCUT2D eigenvalue weighted by molar-refractivity contribution is -0.129. The molecule has 0 bridgehead atoms. The lowest BCUT2D eigenvalue weighted by Crippen LogP contribution is -2.28. The van der Waals surface area contributed by atoms with Gasteiger partial charge in [0, 0.05) is 49.2 Å². The van der Waals surface area contributed by atoms with Gasteiger partial charge in [0.25, 0.3) is 0 Å². The van der Waals surface area contributed by atoms with Crippen LogP contribution < -0.4 is 0 Å². The number of nitrogens with zero attached hydrogens (tertiary/aromatic N) is 2. The Bertz CT molecular complexity index is 640. The van der Waals surface area contributed by atoms with Gasteiger partial charge in [-0.3, -0.25) is 4.79 Å². The fourth-order valence-electron chi connectivity index (χ4n) is 2.95. The van der Waals surface area contributed by atoms with Crippen molar-refractivity contribution in [2.45, 2.75) is 40.7 Å². The molecule has 1 aromatic carbocycles. The average Bonchev–Trinajstić information content (AvgIpc) is 2.67. The maximum Gasteiger partial charge on any atom is 0.219 e. The van der Waals surface area contributed by atoms with E-state index in [1.165, 1.54) is 27.7 Å². The molecule has 3 nitrogen and oxygen atoms in total. The molecule has 0 atom stereocenters. The van der Waals surface area contributed by atoms with Crippen LogP contribution in [0.2, 0.25) is 0 Å². The maximum atomic E-state index is 11.7. The van der Waals surface area contributed by atoms with Crippen molar-refractivity contribution in [3.8, 4) is 0 Å². The molecule has 0 saturated heterocycles. The van der Waals surface area contributed by atoms with Crippen molar-refractivity contribution in [3.05, 3.63) is 35.0 Å². The van der Waals surface area contributed by atoms with Gasteiger partial charge in [0.1, 0.15) is 0 Å². The highest BCUT2D eigenvalue weighted by molar-refractivity contribution is 5.86. The summed E-state index contributed by atoms with van der Waals surface area (Å²) in [6.45, 7) is 9.42. The molecule has 0 aliphatic rings. The topological polar surface area (TPSA) is 25.2 Å². The minimum atomic E-state index is 0.138. The van der Waals surface area contributed by atoms with E-state index in [-0.39, 0.29) is 5.91 Å². The summed E-state index contributed by atoms with van der Waals surface area (Å²) in [4.78, 5) is 13.6. The molecule has 3 heteroatoms. The number of fused-ring (bicyclic) bond motifs is 1. The first kappa shape index (κ1) is 14.6. The first-order valence-corrected chi connectivity index (χ1v) is 7.31. The van der Waals surface area contributed by atoms with Gasteiger partial charge in [-0.2, -0.15) is 0 Å². The third kappa shape index (κ3) is 2.45. The van der Waals surface area contributed by atoms with Crippen LogP contribution in [0.5, 0.6) is 0 Å². The summed E-state index contributed by atoms with van der Waals surface area (Å²) < 4.78 is 2.26. The zero-order valence-corrected chi connectivity index (χ0v) is 13.2. The standard InChI is InChI=1S/C17H24N2O/c1-6-16-15(11-19(7-2)13(4)20)14-10-12(3)8-9-17(14)18(16)5/h8-10H,6-7,11H2,1-5H3. The predicted octanol–water partition coefficient (Wildman–Crippen LogP) is 3.42. The van der Waals surface area contributed by atoms with Crippen LogP contribution in [0.4, 0.5) is 0 Å². The lowest BCUT2D eigenvalue weighted by atomic mass is 10.1. The van der Waals surface area contributed by atoms with Crippen molar-refractivity contribution < 1.29 is 4.79 Å². The van der Waals surface area contributed by atoms with Crippen LogP contribution >= 0.6 is 0 Å². The highest BCUT2D eigenvalue weighted by Gasteiger charge is 2.17. The molecule has 108 valence electrons. The fourth-order valence-corrected chi connectivity index (χ4v) is 2.95. The van der Waals surface area contributed by atoms with E-state index in [1.807, 2.05) is 11.8 Å². The Morgan fingerprint density at radius 2 is 2.00 bits per heavy atom. The van der Waals surface area contributed by atoms with Crippen LogP contribution in [0.15, 0.2) is 18.2 Å². The number of hydrogen-bond acceptors (Lipinski definition) is 1. The number of amides is 1. The second-order valence-corrected chi connectivity index (χ2v) is 5.39. The van der Waals surface area contributed by atoms with Crippen LogP contribution in [0.25, 0.3) is 10.9 Å². The first-order valence-electron chi connectivity index (χ1n) is 7.31. The molecule has 1 heterocycles. The number of aromatic nitrogens is 1. The van der Waals surface area contributed by atoms with Crippen molar-refractivity contribution >= 4 is 16.8 Å². The molecular weight excluding hydrogens is 248 g/mol. The quantitative estimate of drug-likeness (QED) is 0.837. The number of benzene rings is 1. The van der Waals surface area contributed by atoms with Gasteiger partial charge < -0.3 is 9.47 Å². The van der Waals surface area contributed by atoms with Crippen molar-refractivity contribution in [2.24, 2.45) is 7.05 Å². The van der Waals surface area contributed by atoms with Gasteiger partial charge in [-0.15, -0.1) is 0 Å². The van der Waals surface area contributed by atoms with Gasteiger partial charge in [-0.1, -0.05) is 18.6 Å². The Morgan fingerprint density at radius 3 is 2.55 bits per heavy atom. The third-order valence-corrected chi connectivity index (χ3v) is 4.10. The summed E-state index contributed by atoms with van der Waals surface area (Å²) in [5.74, 6) is 0.138. The molecule has 1 aromatic heterocycles. The van der Waals surface area contributed by atoms with Crippen molar-refractivity contribution in [2.75, 3.05) is 6.54 Å². The molecule has 0 aliphatic heterocycles. The third-order valence-electron chi connectivity index (χ3n) is 4.10. The summed E-state index contributed by atoms with van der Waals surface area (Å²) in [5.41, 5.74) is 5.14. The molecule has 20 heavy (non-hydrogen) atoms. The second kappa shape index (κ2) is 5.70. The second-order valence-electron chi connectivity index (χ2n) is 5.39. The van der Waals surface area contributed by atoms with Gasteiger partial charge in [-0.25, -0.2) is 0 Å². The highest BCUT2D eigenvalue weighted by Crippen LogP contribution is 2.28. The molecule has 1 amide bonds. The van der Waals surface area contributed by atoms with E-state index in [2.05, 4.69) is 43.7 Å². The largest absolute Gasteiger partial charge is 0.347 e. The monoisotopic (exact) mass is 272 g/mol. The lowest BCUT2D eigenvalue weighted by Gasteiger charge is -2.19. The van der Waals surface area contributed by atoms with Crippen LogP contribution in [0.1, 0.15) is 37.6 Å². The molecule has 0 unspecified atom stereocenters. The SMILES string of the molecule is CCc1c(CN(CC)C(C)=O)c2cc(C)ccc2n1C. The molecule has 0 spiro atoms. The van der Waals surface area contributed by atoms with Gasteiger partial charge in [0.2, 0.25) is 5.91 Å². The van der Waals surface area contributed by atoms with E-state index in [0.29, 0.717) is 6.54 Å². The summed E-state index contributed by atoms with van der Waals surface area (Å²) in [6.07, 6.45) is 0.981. The van der Waals surface area contributed by atoms with Crippen molar-refractivity contribution in [1.29, 1.82) is 0 Å². The number of carbonyl (C=O) groups is 1. The smallest absolute Gasteiger partial charge is 0.219 e. The van der Waals surface area contributed by atoms with E-state index < -0.39 is 0 Å². The molecule has 2 rings (SSSR count). The summed E-state index contributed by atoms with van der Waals surface area (Å²) in [5, 5.41) is 1.28. The van der Waals surface area contributed by atoms with Crippen LogP contribution in [0, 0.1) is 6.92 Å². The molecular formula is C17H24N2O. The maximum absolute atomic E-state index is 11.7. The van der Waals surface area contributed by atoms with E-state index >= 15 is 0 Å². The van der Waals surface area contributed by atoms with Crippen LogP contribution in [0.3, 0.4) is 0 Å². The Balaban J connectivity index is 2.60. The molecule has 2 aromatic rings. The van der Waals surface area contributed by atoms with Gasteiger partial charge in [0.05, 0.1) is 0 Å².